The Morgan fingerprint density at radius 1 is 1.05 bits per heavy atom. The number of aryl methyl sites for hydroxylation is 1. The van der Waals surface area contributed by atoms with Crippen molar-refractivity contribution in [2.75, 3.05) is 0 Å². The Morgan fingerprint density at radius 3 is 2.57 bits per heavy atom. The third kappa shape index (κ3) is 2.68. The van der Waals surface area contributed by atoms with Crippen molar-refractivity contribution in [2.45, 2.75) is 31.0 Å². The molecule has 0 fully saturated rings. The van der Waals surface area contributed by atoms with E-state index in [4.69, 9.17) is 0 Å². The minimum absolute atomic E-state index is 0.202. The molecule has 1 unspecified atom stereocenters. The molecular formula is C17H15F3O. The van der Waals surface area contributed by atoms with Crippen LogP contribution in [0.4, 0.5) is 13.2 Å². The molecule has 1 nitrogen and oxygen atoms in total. The van der Waals surface area contributed by atoms with Gasteiger partial charge in [0.05, 0.1) is 11.2 Å². The molecule has 1 aliphatic carbocycles. The summed E-state index contributed by atoms with van der Waals surface area (Å²) >= 11 is 0. The van der Waals surface area contributed by atoms with Crippen LogP contribution in [0, 0.1) is 0 Å². The van der Waals surface area contributed by atoms with Gasteiger partial charge in [0.25, 0.3) is 0 Å². The number of benzene rings is 2. The smallest absolute Gasteiger partial charge is 0.385 e. The van der Waals surface area contributed by atoms with Gasteiger partial charge >= 0.3 is 6.18 Å². The fourth-order valence-electron chi connectivity index (χ4n) is 3.05. The normalized spacial score (nSPS) is 21.3. The average molecular weight is 292 g/mol. The highest BCUT2D eigenvalue weighted by atomic mass is 19.4. The maximum Gasteiger partial charge on any atom is 0.416 e. The van der Waals surface area contributed by atoms with Crippen molar-refractivity contribution in [1.29, 1.82) is 0 Å². The van der Waals surface area contributed by atoms with E-state index in [0.29, 0.717) is 12.0 Å². The zero-order chi connectivity index (χ0) is 15.1. The third-order valence-corrected chi connectivity index (χ3v) is 4.08. The Labute approximate surface area is 121 Å². The largest absolute Gasteiger partial charge is 0.416 e. The van der Waals surface area contributed by atoms with Crippen molar-refractivity contribution in [3.63, 3.8) is 0 Å². The van der Waals surface area contributed by atoms with Crippen molar-refractivity contribution >= 4 is 0 Å². The highest BCUT2D eigenvalue weighted by Crippen LogP contribution is 2.40. The van der Waals surface area contributed by atoms with Gasteiger partial charge in [0, 0.05) is 6.42 Å². The van der Waals surface area contributed by atoms with E-state index in [1.54, 1.807) is 6.07 Å². The monoisotopic (exact) mass is 292 g/mol. The Balaban J connectivity index is 1.91. The van der Waals surface area contributed by atoms with Crippen molar-refractivity contribution in [1.82, 2.24) is 0 Å². The Kier molecular flexibility index (Phi) is 3.29. The molecule has 0 saturated heterocycles. The summed E-state index contributed by atoms with van der Waals surface area (Å²) in [5.41, 5.74) is 0.675. The first-order chi connectivity index (χ1) is 9.88. The van der Waals surface area contributed by atoms with Crippen LogP contribution in [0.5, 0.6) is 0 Å². The molecule has 4 heteroatoms. The summed E-state index contributed by atoms with van der Waals surface area (Å²) in [4.78, 5) is 0. The maximum atomic E-state index is 12.8. The molecule has 0 saturated carbocycles. The number of rotatable bonds is 2. The zero-order valence-corrected chi connectivity index (χ0v) is 11.3. The molecule has 0 heterocycles. The molecule has 0 amide bonds. The van der Waals surface area contributed by atoms with Crippen LogP contribution in [0.3, 0.4) is 0 Å². The maximum absolute atomic E-state index is 12.8. The van der Waals surface area contributed by atoms with Crippen LogP contribution in [0.2, 0.25) is 0 Å². The molecule has 1 atom stereocenters. The van der Waals surface area contributed by atoms with Crippen LogP contribution in [0.25, 0.3) is 0 Å². The van der Waals surface area contributed by atoms with E-state index in [9.17, 15) is 18.3 Å². The SMILES string of the molecule is OC1(Cc2cccc(C(F)(F)F)c2)CCc2ccccc21. The predicted octanol–water partition coefficient (Wildman–Crippen LogP) is 4.08. The van der Waals surface area contributed by atoms with Gasteiger partial charge in [0.1, 0.15) is 0 Å². The van der Waals surface area contributed by atoms with E-state index in [-0.39, 0.29) is 6.42 Å². The van der Waals surface area contributed by atoms with Crippen LogP contribution in [0.1, 0.15) is 28.7 Å². The lowest BCUT2D eigenvalue weighted by molar-refractivity contribution is -0.137. The molecule has 1 N–H and O–H groups in total. The molecule has 21 heavy (non-hydrogen) atoms. The Hall–Kier alpha value is -1.81. The summed E-state index contributed by atoms with van der Waals surface area (Å²) < 4.78 is 38.3. The van der Waals surface area contributed by atoms with E-state index < -0.39 is 17.3 Å². The van der Waals surface area contributed by atoms with Crippen molar-refractivity contribution in [2.24, 2.45) is 0 Å². The summed E-state index contributed by atoms with van der Waals surface area (Å²) in [6.45, 7) is 0. The number of fused-ring (bicyclic) bond motifs is 1. The topological polar surface area (TPSA) is 20.2 Å². The fourth-order valence-corrected chi connectivity index (χ4v) is 3.05. The van der Waals surface area contributed by atoms with Crippen LogP contribution in [-0.4, -0.2) is 5.11 Å². The summed E-state index contributed by atoms with van der Waals surface area (Å²) in [6, 6.07) is 12.8. The second kappa shape index (κ2) is 4.88. The summed E-state index contributed by atoms with van der Waals surface area (Å²) in [6.07, 6.45) is -2.85. The summed E-state index contributed by atoms with van der Waals surface area (Å²) in [5, 5.41) is 10.8. The van der Waals surface area contributed by atoms with E-state index in [1.165, 1.54) is 6.07 Å². The van der Waals surface area contributed by atoms with Crippen LogP contribution in [-0.2, 0) is 24.6 Å². The Bertz CT molecular complexity index is 663. The van der Waals surface area contributed by atoms with E-state index in [1.807, 2.05) is 24.3 Å². The molecule has 0 aromatic heterocycles. The third-order valence-electron chi connectivity index (χ3n) is 4.08. The number of halogens is 3. The van der Waals surface area contributed by atoms with E-state index in [2.05, 4.69) is 0 Å². The molecular weight excluding hydrogens is 277 g/mol. The molecule has 3 rings (SSSR count). The first-order valence-electron chi connectivity index (χ1n) is 6.85. The molecule has 1 aliphatic rings. The molecule has 110 valence electrons. The minimum atomic E-state index is -4.35. The quantitative estimate of drug-likeness (QED) is 0.884. The van der Waals surface area contributed by atoms with Gasteiger partial charge in [-0.05, 0) is 35.6 Å². The first-order valence-corrected chi connectivity index (χ1v) is 6.85. The van der Waals surface area contributed by atoms with Gasteiger partial charge in [-0.3, -0.25) is 0 Å². The second-order valence-electron chi connectivity index (χ2n) is 5.56. The fraction of sp³-hybridized carbons (Fsp3) is 0.294. The standard InChI is InChI=1S/C17H15F3O/c18-17(19,20)14-6-3-4-12(10-14)11-16(21)9-8-13-5-1-2-7-15(13)16/h1-7,10,21H,8-9,11H2. The lowest BCUT2D eigenvalue weighted by Gasteiger charge is -2.24. The average Bonchev–Trinajstić information content (AvgIpc) is 2.76. The minimum Gasteiger partial charge on any atom is -0.385 e. The summed E-state index contributed by atoms with van der Waals surface area (Å²) in [5.74, 6) is 0. The number of hydrogen-bond donors (Lipinski definition) is 1. The van der Waals surface area contributed by atoms with E-state index in [0.717, 1.165) is 29.7 Å². The van der Waals surface area contributed by atoms with Crippen molar-refractivity contribution in [3.05, 3.63) is 70.8 Å². The molecule has 0 aliphatic heterocycles. The lowest BCUT2D eigenvalue weighted by atomic mass is 9.88. The highest BCUT2D eigenvalue weighted by Gasteiger charge is 2.37. The van der Waals surface area contributed by atoms with Gasteiger partial charge in [0.15, 0.2) is 0 Å². The van der Waals surface area contributed by atoms with Gasteiger partial charge in [-0.25, -0.2) is 0 Å². The zero-order valence-electron chi connectivity index (χ0n) is 11.3. The van der Waals surface area contributed by atoms with Gasteiger partial charge in [0.2, 0.25) is 0 Å². The van der Waals surface area contributed by atoms with Gasteiger partial charge < -0.3 is 5.11 Å². The Morgan fingerprint density at radius 2 is 1.81 bits per heavy atom. The van der Waals surface area contributed by atoms with E-state index >= 15 is 0 Å². The van der Waals surface area contributed by atoms with Crippen molar-refractivity contribution < 1.29 is 18.3 Å². The molecule has 2 aromatic rings. The van der Waals surface area contributed by atoms with Crippen LogP contribution in [0.15, 0.2) is 48.5 Å². The molecule has 0 spiro atoms. The molecule has 2 aromatic carbocycles. The summed E-state index contributed by atoms with van der Waals surface area (Å²) in [7, 11) is 0. The van der Waals surface area contributed by atoms with Crippen LogP contribution >= 0.6 is 0 Å². The van der Waals surface area contributed by atoms with Gasteiger partial charge in [-0.15, -0.1) is 0 Å². The second-order valence-corrected chi connectivity index (χ2v) is 5.56. The number of aliphatic hydroxyl groups is 1. The lowest BCUT2D eigenvalue weighted by Crippen LogP contribution is -2.25. The number of hydrogen-bond acceptors (Lipinski definition) is 1. The first kappa shape index (κ1) is 14.1. The number of alkyl halides is 3. The highest BCUT2D eigenvalue weighted by molar-refractivity contribution is 5.39. The van der Waals surface area contributed by atoms with Gasteiger partial charge in [-0.1, -0.05) is 42.5 Å². The van der Waals surface area contributed by atoms with Crippen molar-refractivity contribution in [3.8, 4) is 0 Å². The van der Waals surface area contributed by atoms with Gasteiger partial charge in [-0.2, -0.15) is 13.2 Å². The van der Waals surface area contributed by atoms with Crippen LogP contribution < -0.4 is 0 Å². The predicted molar refractivity (Wildman–Crippen MR) is 73.8 cm³/mol. The molecule has 0 bridgehead atoms. The molecule has 0 radical (unpaired) electrons.